The largest absolute Gasteiger partial charge is 0.326 e. The van der Waals surface area contributed by atoms with Gasteiger partial charge >= 0.3 is 0 Å². The molecule has 2 amide bonds. The van der Waals surface area contributed by atoms with E-state index in [-0.39, 0.29) is 35.3 Å². The smallest absolute Gasteiger partial charge is 0.228 e. The lowest BCUT2D eigenvalue weighted by atomic mass is 9.92. The second-order valence-corrected chi connectivity index (χ2v) is 7.76. The summed E-state index contributed by atoms with van der Waals surface area (Å²) in [4.78, 5) is 24.8. The Labute approximate surface area is 163 Å². The molecule has 0 aromatic heterocycles. The highest BCUT2D eigenvalue weighted by Crippen LogP contribution is 2.58. The van der Waals surface area contributed by atoms with Crippen LogP contribution in [0.15, 0.2) is 48.5 Å². The van der Waals surface area contributed by atoms with Gasteiger partial charge < -0.3 is 16.0 Å². The van der Waals surface area contributed by atoms with E-state index in [1.165, 1.54) is 18.2 Å². The summed E-state index contributed by atoms with van der Waals surface area (Å²) in [7, 11) is 0. The third kappa shape index (κ3) is 4.07. The Morgan fingerprint density at radius 3 is 2.57 bits per heavy atom. The van der Waals surface area contributed by atoms with Crippen molar-refractivity contribution in [3.8, 4) is 0 Å². The van der Waals surface area contributed by atoms with Crippen LogP contribution in [0.25, 0.3) is 0 Å². The van der Waals surface area contributed by atoms with E-state index in [1.807, 2.05) is 30.3 Å². The van der Waals surface area contributed by atoms with Gasteiger partial charge in [0.25, 0.3) is 0 Å². The summed E-state index contributed by atoms with van der Waals surface area (Å²) in [6.07, 6.45) is 3.13. The molecule has 5 nitrogen and oxygen atoms in total. The van der Waals surface area contributed by atoms with Crippen molar-refractivity contribution in [1.29, 1.82) is 0 Å². The lowest BCUT2D eigenvalue weighted by Gasteiger charge is -2.23. The van der Waals surface area contributed by atoms with Gasteiger partial charge in [0.2, 0.25) is 11.8 Å². The van der Waals surface area contributed by atoms with E-state index in [1.54, 1.807) is 0 Å². The Hall–Kier alpha value is -2.73. The molecule has 1 saturated heterocycles. The van der Waals surface area contributed by atoms with Crippen molar-refractivity contribution in [2.45, 2.75) is 25.7 Å². The highest BCUT2D eigenvalue weighted by atomic mass is 19.1. The molecule has 2 aromatic rings. The Morgan fingerprint density at radius 1 is 1.07 bits per heavy atom. The van der Waals surface area contributed by atoms with Crippen molar-refractivity contribution in [2.75, 3.05) is 23.7 Å². The predicted octanol–water partition coefficient (Wildman–Crippen LogP) is 3.34. The van der Waals surface area contributed by atoms with Crippen LogP contribution in [0.4, 0.5) is 15.8 Å². The van der Waals surface area contributed by atoms with Gasteiger partial charge in [0.1, 0.15) is 5.82 Å². The Kier molecular flexibility index (Phi) is 5.13. The molecule has 3 N–H and O–H groups in total. The zero-order valence-electron chi connectivity index (χ0n) is 15.6. The lowest BCUT2D eigenvalue weighted by Crippen LogP contribution is -2.31. The SMILES string of the molecule is O=C(Cc1ccccc1)Nc1cc(NC(=O)C2CC23CCNCC3)ccc1F. The number of rotatable bonds is 5. The molecule has 0 bridgehead atoms. The summed E-state index contributed by atoms with van der Waals surface area (Å²) in [5, 5.41) is 8.81. The first-order chi connectivity index (χ1) is 13.6. The van der Waals surface area contributed by atoms with Crippen molar-refractivity contribution in [3.63, 3.8) is 0 Å². The van der Waals surface area contributed by atoms with E-state index in [0.29, 0.717) is 5.69 Å². The molecular formula is C22H24FN3O2. The predicted molar refractivity (Wildman–Crippen MR) is 106 cm³/mol. The number of benzene rings is 2. The number of piperidine rings is 1. The van der Waals surface area contributed by atoms with Gasteiger partial charge in [-0.1, -0.05) is 30.3 Å². The molecule has 1 atom stereocenters. The minimum atomic E-state index is -0.527. The van der Waals surface area contributed by atoms with Crippen molar-refractivity contribution >= 4 is 23.2 Å². The second kappa shape index (κ2) is 7.72. The molecule has 1 unspecified atom stereocenters. The van der Waals surface area contributed by atoms with Crippen LogP contribution in [-0.4, -0.2) is 24.9 Å². The minimum Gasteiger partial charge on any atom is -0.326 e. The first kappa shape index (κ1) is 18.6. The van der Waals surface area contributed by atoms with Crippen LogP contribution in [-0.2, 0) is 16.0 Å². The fourth-order valence-electron chi connectivity index (χ4n) is 4.10. The number of halogens is 1. The van der Waals surface area contributed by atoms with Gasteiger partial charge in [-0.15, -0.1) is 0 Å². The van der Waals surface area contributed by atoms with Gasteiger partial charge in [-0.2, -0.15) is 0 Å². The second-order valence-electron chi connectivity index (χ2n) is 7.76. The summed E-state index contributed by atoms with van der Waals surface area (Å²) < 4.78 is 14.1. The molecular weight excluding hydrogens is 357 g/mol. The van der Waals surface area contributed by atoms with E-state index in [0.717, 1.165) is 37.9 Å². The van der Waals surface area contributed by atoms with Crippen LogP contribution in [0.5, 0.6) is 0 Å². The molecule has 146 valence electrons. The summed E-state index contributed by atoms with van der Waals surface area (Å²) in [5.74, 6) is -0.823. The highest BCUT2D eigenvalue weighted by Gasteiger charge is 2.57. The normalized spacial score (nSPS) is 19.8. The van der Waals surface area contributed by atoms with Gasteiger partial charge in [0.15, 0.2) is 0 Å². The van der Waals surface area contributed by atoms with Crippen molar-refractivity contribution in [3.05, 3.63) is 59.9 Å². The first-order valence-electron chi connectivity index (χ1n) is 9.71. The standard InChI is InChI=1S/C22H24FN3O2/c23-18-7-6-16(25-21(28)17-14-22(17)8-10-24-11-9-22)13-19(18)26-20(27)12-15-4-2-1-3-5-15/h1-7,13,17,24H,8-12,14H2,(H,25,28)(H,26,27). The van der Waals surface area contributed by atoms with Crippen LogP contribution in [0.3, 0.4) is 0 Å². The van der Waals surface area contributed by atoms with Crippen LogP contribution in [0.2, 0.25) is 0 Å². The molecule has 1 aliphatic carbocycles. The van der Waals surface area contributed by atoms with Gasteiger partial charge in [-0.3, -0.25) is 9.59 Å². The van der Waals surface area contributed by atoms with Gasteiger partial charge in [-0.05, 0) is 61.5 Å². The number of carbonyl (C=O) groups excluding carboxylic acids is 2. The third-order valence-corrected chi connectivity index (χ3v) is 5.82. The number of hydrogen-bond donors (Lipinski definition) is 3. The Bertz CT molecular complexity index is 879. The molecule has 28 heavy (non-hydrogen) atoms. The number of carbonyl (C=O) groups is 2. The van der Waals surface area contributed by atoms with Crippen LogP contribution in [0, 0.1) is 17.2 Å². The molecule has 2 fully saturated rings. The first-order valence-corrected chi connectivity index (χ1v) is 9.71. The number of nitrogens with one attached hydrogen (secondary N) is 3. The maximum absolute atomic E-state index is 14.1. The van der Waals surface area contributed by atoms with E-state index in [4.69, 9.17) is 0 Å². The fraction of sp³-hybridized carbons (Fsp3) is 0.364. The van der Waals surface area contributed by atoms with Crippen molar-refractivity contribution < 1.29 is 14.0 Å². The van der Waals surface area contributed by atoms with Crippen molar-refractivity contribution in [2.24, 2.45) is 11.3 Å². The van der Waals surface area contributed by atoms with Crippen LogP contribution in [0.1, 0.15) is 24.8 Å². The molecule has 2 aliphatic rings. The van der Waals surface area contributed by atoms with E-state index in [9.17, 15) is 14.0 Å². The number of amides is 2. The minimum absolute atomic E-state index is 0.0185. The van der Waals surface area contributed by atoms with E-state index >= 15 is 0 Å². The van der Waals surface area contributed by atoms with Crippen molar-refractivity contribution in [1.82, 2.24) is 5.32 Å². The molecule has 1 spiro atoms. The molecule has 1 saturated carbocycles. The molecule has 1 aliphatic heterocycles. The van der Waals surface area contributed by atoms with Crippen LogP contribution >= 0.6 is 0 Å². The molecule has 2 aromatic carbocycles. The monoisotopic (exact) mass is 381 g/mol. The Morgan fingerprint density at radius 2 is 1.82 bits per heavy atom. The van der Waals surface area contributed by atoms with Gasteiger partial charge in [-0.25, -0.2) is 4.39 Å². The summed E-state index contributed by atoms with van der Waals surface area (Å²) in [5.41, 5.74) is 1.57. The quantitative estimate of drug-likeness (QED) is 0.744. The zero-order valence-corrected chi connectivity index (χ0v) is 15.6. The highest BCUT2D eigenvalue weighted by molar-refractivity contribution is 5.97. The van der Waals surface area contributed by atoms with Crippen LogP contribution < -0.4 is 16.0 Å². The molecule has 4 rings (SSSR count). The summed E-state index contributed by atoms with van der Waals surface area (Å²) in [6, 6.07) is 13.5. The molecule has 6 heteroatoms. The van der Waals surface area contributed by atoms with Gasteiger partial charge in [0, 0.05) is 11.6 Å². The average Bonchev–Trinajstić information content (AvgIpc) is 3.38. The third-order valence-electron chi connectivity index (χ3n) is 5.82. The van der Waals surface area contributed by atoms with E-state index in [2.05, 4.69) is 16.0 Å². The lowest BCUT2D eigenvalue weighted by molar-refractivity contribution is -0.118. The number of hydrogen-bond acceptors (Lipinski definition) is 3. The fourth-order valence-corrected chi connectivity index (χ4v) is 4.10. The van der Waals surface area contributed by atoms with E-state index < -0.39 is 5.82 Å². The zero-order chi connectivity index (χ0) is 19.6. The molecule has 0 radical (unpaired) electrons. The number of anilines is 2. The maximum Gasteiger partial charge on any atom is 0.228 e. The summed E-state index contributed by atoms with van der Waals surface area (Å²) in [6.45, 7) is 1.91. The summed E-state index contributed by atoms with van der Waals surface area (Å²) >= 11 is 0. The average molecular weight is 381 g/mol. The molecule has 1 heterocycles. The Balaban J connectivity index is 1.38. The maximum atomic E-state index is 14.1. The topological polar surface area (TPSA) is 70.2 Å². The van der Waals surface area contributed by atoms with Gasteiger partial charge in [0.05, 0.1) is 12.1 Å².